The molecule has 3 heterocycles. The summed E-state index contributed by atoms with van der Waals surface area (Å²) in [6, 6.07) is 0. The van der Waals surface area contributed by atoms with Crippen LogP contribution in [0.3, 0.4) is 0 Å². The van der Waals surface area contributed by atoms with Gasteiger partial charge < -0.3 is 14.3 Å². The molecule has 0 N–H and O–H groups in total. The lowest BCUT2D eigenvalue weighted by Gasteiger charge is -2.37. The number of hydrogen-bond donors (Lipinski definition) is 0. The topological polar surface area (TPSA) is 79.5 Å². The monoisotopic (exact) mass is 320 g/mol. The van der Waals surface area contributed by atoms with E-state index in [4.69, 9.17) is 4.52 Å². The molecule has 0 radical (unpaired) electrons. The predicted molar refractivity (Wildman–Crippen MR) is 82.6 cm³/mol. The lowest BCUT2D eigenvalue weighted by molar-refractivity contribution is -0.141. The minimum Gasteiger partial charge on any atom is -0.342 e. The van der Waals surface area contributed by atoms with Gasteiger partial charge in [0.05, 0.1) is 5.92 Å². The third-order valence-electron chi connectivity index (χ3n) is 4.92. The second kappa shape index (κ2) is 6.68. The van der Waals surface area contributed by atoms with E-state index < -0.39 is 0 Å². The largest absolute Gasteiger partial charge is 0.342 e. The summed E-state index contributed by atoms with van der Waals surface area (Å²) in [5, 5.41) is 3.84. The third-order valence-corrected chi connectivity index (χ3v) is 4.92. The number of aryl methyl sites for hydroxylation is 1. The molecule has 1 aromatic heterocycles. The zero-order valence-corrected chi connectivity index (χ0v) is 13.8. The van der Waals surface area contributed by atoms with Crippen LogP contribution >= 0.6 is 0 Å². The van der Waals surface area contributed by atoms with E-state index in [0.29, 0.717) is 18.3 Å². The lowest BCUT2D eigenvalue weighted by Crippen LogP contribution is -2.48. The number of amides is 2. The van der Waals surface area contributed by atoms with Crippen LogP contribution in [0.15, 0.2) is 4.52 Å². The number of carbonyl (C=O) groups excluding carboxylic acids is 2. The van der Waals surface area contributed by atoms with E-state index in [-0.39, 0.29) is 23.7 Å². The van der Waals surface area contributed by atoms with Crippen LogP contribution in [0.1, 0.15) is 50.2 Å². The lowest BCUT2D eigenvalue weighted by atomic mass is 9.92. The number of piperidine rings is 2. The molecule has 2 fully saturated rings. The van der Waals surface area contributed by atoms with Crippen LogP contribution in [-0.4, -0.2) is 57.9 Å². The highest BCUT2D eigenvalue weighted by Gasteiger charge is 2.33. The molecular weight excluding hydrogens is 296 g/mol. The number of carbonyl (C=O) groups is 2. The van der Waals surface area contributed by atoms with E-state index in [9.17, 15) is 9.59 Å². The standard InChI is InChI=1S/C16H24N4O3/c1-11-17-15(23-18-11)13-5-8-19(9-6-13)16(22)14-4-3-7-20(10-14)12(2)21/h13-14H,3-10H2,1-2H3/t14-/m1/s1. The molecule has 0 saturated carbocycles. The Morgan fingerprint density at radius 3 is 2.48 bits per heavy atom. The minimum absolute atomic E-state index is 0.0464. The molecule has 1 aromatic rings. The SMILES string of the molecule is CC(=O)N1CCC[C@@H](C(=O)N2CCC(c3nc(C)no3)CC2)C1. The second-order valence-corrected chi connectivity index (χ2v) is 6.58. The molecule has 0 aromatic carbocycles. The fourth-order valence-corrected chi connectivity index (χ4v) is 3.55. The summed E-state index contributed by atoms with van der Waals surface area (Å²) in [7, 11) is 0. The summed E-state index contributed by atoms with van der Waals surface area (Å²) >= 11 is 0. The van der Waals surface area contributed by atoms with E-state index in [2.05, 4.69) is 10.1 Å². The van der Waals surface area contributed by atoms with Crippen molar-refractivity contribution in [3.05, 3.63) is 11.7 Å². The van der Waals surface area contributed by atoms with Crippen molar-refractivity contribution in [1.29, 1.82) is 0 Å². The maximum atomic E-state index is 12.7. The molecule has 0 bridgehead atoms. The summed E-state index contributed by atoms with van der Waals surface area (Å²) in [6.45, 7) is 6.18. The van der Waals surface area contributed by atoms with Crippen LogP contribution in [0.25, 0.3) is 0 Å². The molecule has 0 spiro atoms. The van der Waals surface area contributed by atoms with Crippen LogP contribution in [-0.2, 0) is 9.59 Å². The van der Waals surface area contributed by atoms with E-state index >= 15 is 0 Å². The zero-order chi connectivity index (χ0) is 16.4. The fourth-order valence-electron chi connectivity index (χ4n) is 3.55. The Kier molecular flexibility index (Phi) is 4.63. The Morgan fingerprint density at radius 2 is 1.87 bits per heavy atom. The van der Waals surface area contributed by atoms with Gasteiger partial charge in [-0.15, -0.1) is 0 Å². The van der Waals surface area contributed by atoms with Crippen molar-refractivity contribution in [2.45, 2.75) is 45.4 Å². The summed E-state index contributed by atoms with van der Waals surface area (Å²) < 4.78 is 5.25. The molecule has 0 unspecified atom stereocenters. The fraction of sp³-hybridized carbons (Fsp3) is 0.750. The first kappa shape index (κ1) is 16.0. The van der Waals surface area contributed by atoms with Crippen LogP contribution in [0, 0.1) is 12.8 Å². The van der Waals surface area contributed by atoms with Gasteiger partial charge in [0.1, 0.15) is 0 Å². The molecule has 2 aliphatic heterocycles. The predicted octanol–water partition coefficient (Wildman–Crippen LogP) is 1.34. The maximum absolute atomic E-state index is 12.7. The molecule has 126 valence electrons. The number of likely N-dealkylation sites (tertiary alicyclic amines) is 2. The average molecular weight is 320 g/mol. The average Bonchev–Trinajstić information content (AvgIpc) is 3.01. The van der Waals surface area contributed by atoms with Gasteiger partial charge in [0.2, 0.25) is 17.7 Å². The van der Waals surface area contributed by atoms with Gasteiger partial charge in [-0.05, 0) is 32.6 Å². The Bertz CT molecular complexity index is 578. The van der Waals surface area contributed by atoms with E-state index in [1.54, 1.807) is 11.8 Å². The Hall–Kier alpha value is -1.92. The van der Waals surface area contributed by atoms with Gasteiger partial charge in [-0.1, -0.05) is 5.16 Å². The molecule has 2 saturated heterocycles. The Morgan fingerprint density at radius 1 is 1.13 bits per heavy atom. The van der Waals surface area contributed by atoms with Gasteiger partial charge in [-0.25, -0.2) is 0 Å². The van der Waals surface area contributed by atoms with Crippen LogP contribution < -0.4 is 0 Å². The van der Waals surface area contributed by atoms with Gasteiger partial charge >= 0.3 is 0 Å². The number of hydrogen-bond acceptors (Lipinski definition) is 5. The molecule has 23 heavy (non-hydrogen) atoms. The summed E-state index contributed by atoms with van der Waals surface area (Å²) in [5.41, 5.74) is 0. The highest BCUT2D eigenvalue weighted by Crippen LogP contribution is 2.28. The van der Waals surface area contributed by atoms with Crippen molar-refractivity contribution < 1.29 is 14.1 Å². The number of nitrogens with zero attached hydrogens (tertiary/aromatic N) is 4. The summed E-state index contributed by atoms with van der Waals surface area (Å²) in [6.07, 6.45) is 3.51. The normalized spacial score (nSPS) is 23.1. The van der Waals surface area contributed by atoms with E-state index in [0.717, 1.165) is 45.3 Å². The van der Waals surface area contributed by atoms with Crippen molar-refractivity contribution >= 4 is 11.8 Å². The van der Waals surface area contributed by atoms with Crippen LogP contribution in [0.2, 0.25) is 0 Å². The van der Waals surface area contributed by atoms with Crippen LogP contribution in [0.5, 0.6) is 0 Å². The Labute approximate surface area is 136 Å². The van der Waals surface area contributed by atoms with Crippen molar-refractivity contribution in [1.82, 2.24) is 19.9 Å². The zero-order valence-electron chi connectivity index (χ0n) is 13.8. The number of rotatable bonds is 2. The first-order chi connectivity index (χ1) is 11.0. The Balaban J connectivity index is 1.54. The van der Waals surface area contributed by atoms with Crippen molar-refractivity contribution in [2.75, 3.05) is 26.2 Å². The van der Waals surface area contributed by atoms with Crippen molar-refractivity contribution in [3.8, 4) is 0 Å². The molecule has 7 nitrogen and oxygen atoms in total. The minimum atomic E-state index is -0.0464. The van der Waals surface area contributed by atoms with Crippen molar-refractivity contribution in [3.63, 3.8) is 0 Å². The first-order valence-corrected chi connectivity index (χ1v) is 8.39. The third kappa shape index (κ3) is 3.54. The second-order valence-electron chi connectivity index (χ2n) is 6.58. The summed E-state index contributed by atoms with van der Waals surface area (Å²) in [4.78, 5) is 32.3. The molecule has 2 aliphatic rings. The summed E-state index contributed by atoms with van der Waals surface area (Å²) in [5.74, 6) is 1.80. The molecule has 3 rings (SSSR count). The van der Waals surface area contributed by atoms with Gasteiger partial charge in [0.15, 0.2) is 5.82 Å². The van der Waals surface area contributed by atoms with Gasteiger partial charge in [0, 0.05) is 39.0 Å². The smallest absolute Gasteiger partial charge is 0.229 e. The van der Waals surface area contributed by atoms with Crippen molar-refractivity contribution in [2.24, 2.45) is 5.92 Å². The molecular formula is C16H24N4O3. The van der Waals surface area contributed by atoms with E-state index in [1.165, 1.54) is 0 Å². The highest BCUT2D eigenvalue weighted by molar-refractivity contribution is 5.81. The quantitative estimate of drug-likeness (QED) is 0.821. The van der Waals surface area contributed by atoms with Gasteiger partial charge in [0.25, 0.3) is 0 Å². The first-order valence-electron chi connectivity index (χ1n) is 8.39. The van der Waals surface area contributed by atoms with E-state index in [1.807, 2.05) is 11.8 Å². The number of aromatic nitrogens is 2. The molecule has 7 heteroatoms. The maximum Gasteiger partial charge on any atom is 0.229 e. The van der Waals surface area contributed by atoms with Crippen LogP contribution in [0.4, 0.5) is 0 Å². The highest BCUT2D eigenvalue weighted by atomic mass is 16.5. The van der Waals surface area contributed by atoms with Gasteiger partial charge in [-0.3, -0.25) is 9.59 Å². The molecule has 1 atom stereocenters. The van der Waals surface area contributed by atoms with Gasteiger partial charge in [-0.2, -0.15) is 4.98 Å². The molecule has 0 aliphatic carbocycles. The molecule has 2 amide bonds.